The standard InChI is InChI=1S/C15H21BrN2O2.2ClH/c1-3-4-13(18-7-5-17-6-8-18)12-9-11(16)10-14(20-2)15(12)19;;/h3,9-10,13,17,19H,1,4-8H2,2H3;2*1H/t13-;;/m1../s1. The van der Waals surface area contributed by atoms with E-state index in [-0.39, 0.29) is 36.6 Å². The van der Waals surface area contributed by atoms with Crippen molar-refractivity contribution in [1.29, 1.82) is 0 Å². The highest BCUT2D eigenvalue weighted by molar-refractivity contribution is 9.10. The molecule has 1 atom stereocenters. The highest BCUT2D eigenvalue weighted by Gasteiger charge is 2.25. The van der Waals surface area contributed by atoms with Crippen LogP contribution in [0.2, 0.25) is 0 Å². The molecule has 1 aromatic carbocycles. The Hall–Kier alpha value is -0.460. The summed E-state index contributed by atoms with van der Waals surface area (Å²) in [5, 5.41) is 13.8. The zero-order chi connectivity index (χ0) is 14.5. The van der Waals surface area contributed by atoms with E-state index < -0.39 is 0 Å². The maximum absolute atomic E-state index is 10.4. The molecule has 0 saturated carbocycles. The first-order chi connectivity index (χ1) is 9.67. The second-order valence-electron chi connectivity index (χ2n) is 4.87. The van der Waals surface area contributed by atoms with E-state index in [1.807, 2.05) is 12.1 Å². The van der Waals surface area contributed by atoms with Gasteiger partial charge in [-0.3, -0.25) is 4.90 Å². The highest BCUT2D eigenvalue weighted by atomic mass is 79.9. The predicted octanol–water partition coefficient (Wildman–Crippen LogP) is 3.53. The van der Waals surface area contributed by atoms with E-state index in [0.717, 1.165) is 42.6 Å². The molecule has 0 bridgehead atoms. The van der Waals surface area contributed by atoms with Crippen LogP contribution in [-0.4, -0.2) is 43.3 Å². The van der Waals surface area contributed by atoms with Gasteiger partial charge in [-0.1, -0.05) is 22.0 Å². The zero-order valence-corrected chi connectivity index (χ0v) is 15.8. The van der Waals surface area contributed by atoms with Crippen LogP contribution >= 0.6 is 40.7 Å². The second-order valence-corrected chi connectivity index (χ2v) is 5.79. The summed E-state index contributed by atoms with van der Waals surface area (Å²) in [4.78, 5) is 2.37. The number of ether oxygens (including phenoxy) is 1. The van der Waals surface area contributed by atoms with Crippen LogP contribution in [0.5, 0.6) is 11.5 Å². The van der Waals surface area contributed by atoms with E-state index in [2.05, 4.69) is 32.7 Å². The van der Waals surface area contributed by atoms with E-state index >= 15 is 0 Å². The molecule has 7 heteroatoms. The Kier molecular flexibility index (Phi) is 10.1. The summed E-state index contributed by atoms with van der Waals surface area (Å²) < 4.78 is 6.15. The van der Waals surface area contributed by atoms with Gasteiger partial charge in [0.25, 0.3) is 0 Å². The third kappa shape index (κ3) is 5.03. The quantitative estimate of drug-likeness (QED) is 0.724. The van der Waals surface area contributed by atoms with Gasteiger partial charge in [0.1, 0.15) is 0 Å². The van der Waals surface area contributed by atoms with E-state index in [4.69, 9.17) is 4.74 Å². The molecule has 1 heterocycles. The molecule has 2 N–H and O–H groups in total. The molecule has 126 valence electrons. The molecule has 1 aliphatic rings. The van der Waals surface area contributed by atoms with Crippen LogP contribution in [0.4, 0.5) is 0 Å². The average Bonchev–Trinajstić information content (AvgIpc) is 2.48. The van der Waals surface area contributed by atoms with E-state index in [1.54, 1.807) is 13.2 Å². The van der Waals surface area contributed by atoms with Crippen LogP contribution in [0.1, 0.15) is 18.0 Å². The van der Waals surface area contributed by atoms with Crippen molar-refractivity contribution in [2.24, 2.45) is 0 Å². The lowest BCUT2D eigenvalue weighted by Crippen LogP contribution is -2.45. The van der Waals surface area contributed by atoms with Gasteiger partial charge in [-0.25, -0.2) is 0 Å². The van der Waals surface area contributed by atoms with Gasteiger partial charge in [0.2, 0.25) is 0 Å². The average molecular weight is 414 g/mol. The molecule has 0 aromatic heterocycles. The monoisotopic (exact) mass is 412 g/mol. The van der Waals surface area contributed by atoms with E-state index in [9.17, 15) is 5.11 Å². The largest absolute Gasteiger partial charge is 0.504 e. The second kappa shape index (κ2) is 10.3. The number of hydrogen-bond acceptors (Lipinski definition) is 4. The minimum Gasteiger partial charge on any atom is -0.504 e. The van der Waals surface area contributed by atoms with E-state index in [1.165, 1.54) is 0 Å². The molecule has 1 saturated heterocycles. The van der Waals surface area contributed by atoms with E-state index in [0.29, 0.717) is 5.75 Å². The van der Waals surface area contributed by atoms with Crippen molar-refractivity contribution in [3.8, 4) is 11.5 Å². The van der Waals surface area contributed by atoms with Gasteiger partial charge >= 0.3 is 0 Å². The molecular formula is C15H23BrCl2N2O2. The molecule has 0 unspecified atom stereocenters. The number of nitrogens with zero attached hydrogens (tertiary/aromatic N) is 1. The third-order valence-corrected chi connectivity index (χ3v) is 4.09. The summed E-state index contributed by atoms with van der Waals surface area (Å²) in [5.74, 6) is 0.722. The van der Waals surface area contributed by atoms with Crippen LogP contribution in [0.25, 0.3) is 0 Å². The molecule has 1 aliphatic heterocycles. The number of phenols is 1. The molecule has 0 radical (unpaired) electrons. The summed E-state index contributed by atoms with van der Waals surface area (Å²) in [6, 6.07) is 3.87. The fourth-order valence-electron chi connectivity index (χ4n) is 2.63. The topological polar surface area (TPSA) is 44.7 Å². The van der Waals surface area contributed by atoms with Gasteiger partial charge < -0.3 is 15.2 Å². The Morgan fingerprint density at radius 3 is 2.59 bits per heavy atom. The normalized spacial score (nSPS) is 16.1. The molecule has 0 spiro atoms. The van der Waals surface area contributed by atoms with Crippen molar-refractivity contribution in [1.82, 2.24) is 10.2 Å². The van der Waals surface area contributed by atoms with Crippen LogP contribution in [-0.2, 0) is 0 Å². The summed E-state index contributed by atoms with van der Waals surface area (Å²) in [7, 11) is 1.57. The Morgan fingerprint density at radius 1 is 1.41 bits per heavy atom. The number of phenolic OH excluding ortho intramolecular Hbond substituents is 1. The van der Waals surface area contributed by atoms with Crippen LogP contribution in [0.3, 0.4) is 0 Å². The molecule has 1 fully saturated rings. The van der Waals surface area contributed by atoms with Crippen LogP contribution < -0.4 is 10.1 Å². The first-order valence-corrected chi connectivity index (χ1v) is 7.58. The van der Waals surface area contributed by atoms with Gasteiger partial charge in [0, 0.05) is 42.3 Å². The Balaban J connectivity index is 0.00000220. The number of hydrogen-bond donors (Lipinski definition) is 2. The molecule has 1 aromatic rings. The zero-order valence-electron chi connectivity index (χ0n) is 12.5. The fraction of sp³-hybridized carbons (Fsp3) is 0.467. The number of methoxy groups -OCH3 is 1. The van der Waals surface area contributed by atoms with Gasteiger partial charge in [-0.2, -0.15) is 0 Å². The van der Waals surface area contributed by atoms with Crippen molar-refractivity contribution in [3.63, 3.8) is 0 Å². The summed E-state index contributed by atoms with van der Waals surface area (Å²) >= 11 is 3.48. The predicted molar refractivity (Wildman–Crippen MR) is 98.9 cm³/mol. The first kappa shape index (κ1) is 21.5. The van der Waals surface area contributed by atoms with Gasteiger partial charge in [-0.15, -0.1) is 31.4 Å². The van der Waals surface area contributed by atoms with Crippen LogP contribution in [0, 0.1) is 0 Å². The molecule has 22 heavy (non-hydrogen) atoms. The maximum Gasteiger partial charge on any atom is 0.162 e. The fourth-order valence-corrected chi connectivity index (χ4v) is 3.08. The van der Waals surface area contributed by atoms with Crippen molar-refractivity contribution in [3.05, 3.63) is 34.8 Å². The number of aromatic hydroxyl groups is 1. The number of rotatable bonds is 5. The van der Waals surface area contributed by atoms with Crippen molar-refractivity contribution >= 4 is 40.7 Å². The maximum atomic E-state index is 10.4. The Morgan fingerprint density at radius 2 is 2.05 bits per heavy atom. The summed E-state index contributed by atoms with van der Waals surface area (Å²) in [6.07, 6.45) is 2.70. The smallest absolute Gasteiger partial charge is 0.162 e. The third-order valence-electron chi connectivity index (χ3n) is 3.63. The molecule has 0 amide bonds. The molecule has 4 nitrogen and oxygen atoms in total. The van der Waals surface area contributed by atoms with Crippen molar-refractivity contribution < 1.29 is 9.84 Å². The molecule has 0 aliphatic carbocycles. The lowest BCUT2D eigenvalue weighted by atomic mass is 9.99. The van der Waals surface area contributed by atoms with Gasteiger partial charge in [0.05, 0.1) is 7.11 Å². The lowest BCUT2D eigenvalue weighted by molar-refractivity contribution is 0.171. The summed E-state index contributed by atoms with van der Waals surface area (Å²) in [5.41, 5.74) is 0.887. The lowest BCUT2D eigenvalue weighted by Gasteiger charge is -2.35. The molecule has 2 rings (SSSR count). The Bertz CT molecular complexity index is 483. The van der Waals surface area contributed by atoms with Crippen molar-refractivity contribution in [2.75, 3.05) is 33.3 Å². The number of benzene rings is 1. The number of piperazine rings is 1. The first-order valence-electron chi connectivity index (χ1n) is 6.79. The molecular weight excluding hydrogens is 391 g/mol. The minimum absolute atomic E-state index is 0. The summed E-state index contributed by atoms with van der Waals surface area (Å²) in [6.45, 7) is 7.72. The minimum atomic E-state index is 0. The van der Waals surface area contributed by atoms with Crippen molar-refractivity contribution in [2.45, 2.75) is 12.5 Å². The Labute approximate surface area is 152 Å². The van der Waals surface area contributed by atoms with Gasteiger partial charge in [-0.05, 0) is 18.6 Å². The number of halogens is 3. The van der Waals surface area contributed by atoms with Crippen LogP contribution in [0.15, 0.2) is 29.3 Å². The highest BCUT2D eigenvalue weighted by Crippen LogP contribution is 2.40. The van der Waals surface area contributed by atoms with Gasteiger partial charge in [0.15, 0.2) is 11.5 Å². The SMILES string of the molecule is C=CC[C@H](c1cc(Br)cc(OC)c1O)N1CCNCC1.Cl.Cl. The number of nitrogens with one attached hydrogen (secondary N) is 1.